The lowest BCUT2D eigenvalue weighted by Gasteiger charge is -1.94. The van der Waals surface area contributed by atoms with Crippen molar-refractivity contribution in [2.75, 3.05) is 0 Å². The molecule has 0 atom stereocenters. The van der Waals surface area contributed by atoms with Crippen LogP contribution in [0.3, 0.4) is 0 Å². The van der Waals surface area contributed by atoms with E-state index in [9.17, 15) is 0 Å². The van der Waals surface area contributed by atoms with Crippen molar-refractivity contribution in [1.29, 1.82) is 0 Å². The molecule has 0 aromatic rings. The average molecular weight is 140 g/mol. The van der Waals surface area contributed by atoms with Gasteiger partial charge in [-0.15, -0.1) is 5.73 Å². The highest BCUT2D eigenvalue weighted by Gasteiger charge is 1.98. The molecule has 0 amide bonds. The number of hydrogen-bond donors (Lipinski definition) is 0. The Balaban J connectivity index is 2.44. The van der Waals surface area contributed by atoms with Crippen molar-refractivity contribution in [2.24, 2.45) is 0 Å². The van der Waals surface area contributed by atoms with E-state index in [1.54, 1.807) is 0 Å². The molecule has 0 aliphatic heterocycles. The Morgan fingerprint density at radius 1 is 0.727 bits per heavy atom. The Hall–Kier alpha value is -1.52. The second kappa shape index (κ2) is 2.61. The first-order valence-electron chi connectivity index (χ1n) is 3.65. The lowest BCUT2D eigenvalue weighted by Crippen LogP contribution is -1.76. The minimum absolute atomic E-state index is 1.24. The van der Waals surface area contributed by atoms with Crippen LogP contribution >= 0.6 is 0 Å². The highest BCUT2D eigenvalue weighted by atomic mass is 14.0. The summed E-state index contributed by atoms with van der Waals surface area (Å²) >= 11 is 0. The average Bonchev–Trinajstić information content (AvgIpc) is 2.35. The molecule has 0 N–H and O–H groups in total. The molecule has 2 aliphatic rings. The van der Waals surface area contributed by atoms with Crippen LogP contribution in [-0.4, -0.2) is 0 Å². The summed E-state index contributed by atoms with van der Waals surface area (Å²) in [7, 11) is 0. The van der Waals surface area contributed by atoms with Crippen molar-refractivity contribution in [2.45, 2.75) is 0 Å². The highest BCUT2D eigenvalue weighted by Crippen LogP contribution is 2.16. The van der Waals surface area contributed by atoms with Gasteiger partial charge in [-0.3, -0.25) is 0 Å². The summed E-state index contributed by atoms with van der Waals surface area (Å²) in [6.07, 6.45) is 16.3. The van der Waals surface area contributed by atoms with Crippen LogP contribution in [0.1, 0.15) is 0 Å². The van der Waals surface area contributed by atoms with Crippen LogP contribution in [0.5, 0.6) is 0 Å². The smallest absolute Gasteiger partial charge is 0.0101 e. The van der Waals surface area contributed by atoms with E-state index in [0.29, 0.717) is 0 Å². The van der Waals surface area contributed by atoms with Crippen LogP contribution in [0.25, 0.3) is 0 Å². The standard InChI is InChI=1S/C11H8/c1-2-4-7-11-9-5-8-10(11)6-3-1/h1-4,6-9H/b2-1-,3-1?,4-2?,6-3-,7-4-,10-6?,11-7?. The number of hydrogen-bond acceptors (Lipinski definition) is 0. The fourth-order valence-electron chi connectivity index (χ4n) is 1.12. The summed E-state index contributed by atoms with van der Waals surface area (Å²) in [6.45, 7) is 0. The fraction of sp³-hybridized carbons (Fsp3) is 0. The minimum Gasteiger partial charge on any atom is -0.120 e. The first kappa shape index (κ1) is 6.21. The van der Waals surface area contributed by atoms with Gasteiger partial charge in [-0.05, 0) is 23.3 Å². The predicted molar refractivity (Wildman–Crippen MR) is 47.1 cm³/mol. The summed E-state index contributed by atoms with van der Waals surface area (Å²) in [5.74, 6) is 0. The van der Waals surface area contributed by atoms with Crippen LogP contribution in [0.2, 0.25) is 0 Å². The highest BCUT2D eigenvalue weighted by molar-refractivity contribution is 5.52. The molecule has 0 heterocycles. The van der Waals surface area contributed by atoms with Crippen molar-refractivity contribution < 1.29 is 0 Å². The molecule has 0 heteroatoms. The van der Waals surface area contributed by atoms with Gasteiger partial charge in [-0.25, -0.2) is 0 Å². The molecule has 11 heavy (non-hydrogen) atoms. The van der Waals surface area contributed by atoms with E-state index in [0.717, 1.165) is 0 Å². The molecule has 2 rings (SSSR count). The quantitative estimate of drug-likeness (QED) is 0.454. The Morgan fingerprint density at radius 3 is 1.82 bits per heavy atom. The van der Waals surface area contributed by atoms with Crippen molar-refractivity contribution in [3.8, 4) is 0 Å². The van der Waals surface area contributed by atoms with Gasteiger partial charge in [-0.2, -0.15) is 0 Å². The Morgan fingerprint density at radius 2 is 1.27 bits per heavy atom. The van der Waals surface area contributed by atoms with Crippen LogP contribution in [0.4, 0.5) is 0 Å². The Bertz CT molecular complexity index is 310. The summed E-state index contributed by atoms with van der Waals surface area (Å²) in [4.78, 5) is 0. The van der Waals surface area contributed by atoms with Crippen LogP contribution in [0, 0.1) is 0 Å². The molecule has 2 aliphatic carbocycles. The third kappa shape index (κ3) is 1.17. The molecular formula is C11H8. The maximum absolute atomic E-state index is 3.07. The first-order valence-corrected chi connectivity index (χ1v) is 3.65. The van der Waals surface area contributed by atoms with Gasteiger partial charge in [0.1, 0.15) is 0 Å². The van der Waals surface area contributed by atoms with Gasteiger partial charge in [0.15, 0.2) is 0 Å². The predicted octanol–water partition coefficient (Wildman–Crippen LogP) is 2.69. The number of allylic oxidation sites excluding steroid dienone is 9. The molecule has 0 nitrogen and oxygen atoms in total. The molecule has 0 unspecified atom stereocenters. The molecule has 0 aromatic carbocycles. The molecule has 0 radical (unpaired) electrons. The summed E-state index contributed by atoms with van der Waals surface area (Å²) < 4.78 is 0. The van der Waals surface area contributed by atoms with E-state index in [2.05, 4.69) is 17.9 Å². The zero-order valence-corrected chi connectivity index (χ0v) is 6.12. The van der Waals surface area contributed by atoms with Gasteiger partial charge in [0, 0.05) is 0 Å². The van der Waals surface area contributed by atoms with Gasteiger partial charge in [0.25, 0.3) is 0 Å². The van der Waals surface area contributed by atoms with Crippen molar-refractivity contribution in [1.82, 2.24) is 0 Å². The molecule has 0 aromatic heterocycles. The fourth-order valence-corrected chi connectivity index (χ4v) is 1.12. The monoisotopic (exact) mass is 140 g/mol. The summed E-state index contributed by atoms with van der Waals surface area (Å²) in [6, 6.07) is 0. The van der Waals surface area contributed by atoms with E-state index in [1.165, 1.54) is 11.1 Å². The maximum atomic E-state index is 3.07. The van der Waals surface area contributed by atoms with E-state index in [1.807, 2.05) is 36.5 Å². The van der Waals surface area contributed by atoms with Gasteiger partial charge in [-0.1, -0.05) is 36.5 Å². The lowest BCUT2D eigenvalue weighted by atomic mass is 10.1. The van der Waals surface area contributed by atoms with E-state index in [4.69, 9.17) is 0 Å². The molecule has 0 fully saturated rings. The summed E-state index contributed by atoms with van der Waals surface area (Å²) in [5, 5.41) is 0. The number of rotatable bonds is 0. The normalized spacial score (nSPS) is 27.6. The molecule has 0 saturated carbocycles. The van der Waals surface area contributed by atoms with Crippen molar-refractivity contribution in [3.05, 3.63) is 65.5 Å². The van der Waals surface area contributed by atoms with E-state index < -0.39 is 0 Å². The molecule has 0 spiro atoms. The third-order valence-electron chi connectivity index (χ3n) is 1.70. The Kier molecular flexibility index (Phi) is 1.47. The third-order valence-corrected chi connectivity index (χ3v) is 1.70. The molecule has 52 valence electrons. The van der Waals surface area contributed by atoms with Crippen molar-refractivity contribution in [3.63, 3.8) is 0 Å². The molecular weight excluding hydrogens is 132 g/mol. The zero-order valence-electron chi connectivity index (χ0n) is 6.12. The molecule has 0 bridgehead atoms. The Labute approximate surface area is 66.2 Å². The van der Waals surface area contributed by atoms with Crippen LogP contribution in [-0.2, 0) is 0 Å². The zero-order chi connectivity index (χ0) is 7.52. The first-order chi connectivity index (χ1) is 5.47. The maximum Gasteiger partial charge on any atom is -0.0101 e. The van der Waals surface area contributed by atoms with Gasteiger partial charge < -0.3 is 0 Å². The second-order valence-electron chi connectivity index (χ2n) is 2.47. The molecule has 0 saturated heterocycles. The van der Waals surface area contributed by atoms with Gasteiger partial charge in [0.2, 0.25) is 0 Å². The SMILES string of the molecule is C1=CC2=C(C=1)\C=C/C=C\C=C/2. The van der Waals surface area contributed by atoms with Gasteiger partial charge >= 0.3 is 0 Å². The second-order valence-corrected chi connectivity index (χ2v) is 2.47. The topological polar surface area (TPSA) is 0 Å². The lowest BCUT2D eigenvalue weighted by molar-refractivity contribution is 1.60. The van der Waals surface area contributed by atoms with Crippen molar-refractivity contribution >= 4 is 0 Å². The summed E-state index contributed by atoms with van der Waals surface area (Å²) in [5.41, 5.74) is 5.55. The van der Waals surface area contributed by atoms with Crippen LogP contribution in [0.15, 0.2) is 65.5 Å². The van der Waals surface area contributed by atoms with E-state index >= 15 is 0 Å². The van der Waals surface area contributed by atoms with Gasteiger partial charge in [0.05, 0.1) is 0 Å². The minimum atomic E-state index is 1.24. The van der Waals surface area contributed by atoms with E-state index in [-0.39, 0.29) is 0 Å². The largest absolute Gasteiger partial charge is 0.120 e. The van der Waals surface area contributed by atoms with Crippen LogP contribution < -0.4 is 0 Å².